The third-order valence-corrected chi connectivity index (χ3v) is 5.73. The molecule has 0 unspecified atom stereocenters. The number of halogens is 1. The number of fused-ring (bicyclic) bond motifs is 1. The number of nitrogens with zero attached hydrogens (tertiary/aromatic N) is 2. The largest absolute Gasteiger partial charge is 0.325 e. The van der Waals surface area contributed by atoms with E-state index in [2.05, 4.69) is 15.3 Å². The van der Waals surface area contributed by atoms with Crippen LogP contribution in [0.15, 0.2) is 71.8 Å². The molecule has 4 rings (SSSR count). The lowest BCUT2D eigenvalue weighted by atomic mass is 10.1. The molecule has 4 aromatic rings. The number of aromatic nitrogens is 2. The minimum absolute atomic E-state index is 0.137. The molecule has 0 atom stereocenters. The van der Waals surface area contributed by atoms with Crippen LogP contribution in [0.4, 0.5) is 10.1 Å². The van der Waals surface area contributed by atoms with Crippen LogP contribution in [0.25, 0.3) is 22.3 Å². The first-order valence-electron chi connectivity index (χ1n) is 9.53. The van der Waals surface area contributed by atoms with Crippen molar-refractivity contribution < 1.29 is 9.18 Å². The van der Waals surface area contributed by atoms with Gasteiger partial charge in [0.25, 0.3) is 0 Å². The van der Waals surface area contributed by atoms with E-state index in [0.717, 1.165) is 22.4 Å². The Hall–Kier alpha value is -3.25. The lowest BCUT2D eigenvalue weighted by Crippen LogP contribution is -2.16. The Balaban J connectivity index is 1.62. The molecule has 1 aromatic heterocycles. The number of rotatable bonds is 5. The molecule has 0 saturated carbocycles. The molecule has 1 heterocycles. The van der Waals surface area contributed by atoms with Gasteiger partial charge in [-0.1, -0.05) is 60.3 Å². The molecule has 6 heteroatoms. The summed E-state index contributed by atoms with van der Waals surface area (Å²) in [7, 11) is 0. The maximum Gasteiger partial charge on any atom is 0.234 e. The van der Waals surface area contributed by atoms with Crippen LogP contribution < -0.4 is 5.32 Å². The molecule has 30 heavy (non-hydrogen) atoms. The van der Waals surface area contributed by atoms with Crippen LogP contribution in [0, 0.1) is 19.7 Å². The molecule has 150 valence electrons. The monoisotopic (exact) mass is 417 g/mol. The van der Waals surface area contributed by atoms with Gasteiger partial charge in [-0.25, -0.2) is 14.4 Å². The van der Waals surface area contributed by atoms with Gasteiger partial charge in [0.1, 0.15) is 10.8 Å². The Kier molecular flexibility index (Phi) is 5.77. The number of para-hydroxylation sites is 1. The number of amides is 1. The number of benzene rings is 3. The van der Waals surface area contributed by atoms with E-state index < -0.39 is 0 Å². The predicted molar refractivity (Wildman–Crippen MR) is 120 cm³/mol. The van der Waals surface area contributed by atoms with Gasteiger partial charge < -0.3 is 5.32 Å². The SMILES string of the molecule is Cc1cccc(C)c1NC(=O)CSc1nc(-c2ccccc2)nc2ccc(F)cc12. The highest BCUT2D eigenvalue weighted by molar-refractivity contribution is 8.00. The normalized spacial score (nSPS) is 10.9. The zero-order valence-corrected chi connectivity index (χ0v) is 17.5. The number of hydrogen-bond acceptors (Lipinski definition) is 4. The van der Waals surface area contributed by atoms with Crippen LogP contribution in [0.2, 0.25) is 0 Å². The summed E-state index contributed by atoms with van der Waals surface area (Å²) in [4.78, 5) is 21.8. The number of anilines is 1. The molecule has 1 N–H and O–H groups in total. The lowest BCUT2D eigenvalue weighted by molar-refractivity contribution is -0.113. The van der Waals surface area contributed by atoms with E-state index in [0.29, 0.717) is 21.8 Å². The Morgan fingerprint density at radius 1 is 0.967 bits per heavy atom. The van der Waals surface area contributed by atoms with Crippen molar-refractivity contribution in [2.45, 2.75) is 18.9 Å². The van der Waals surface area contributed by atoms with Gasteiger partial charge in [-0.3, -0.25) is 4.79 Å². The lowest BCUT2D eigenvalue weighted by Gasteiger charge is -2.12. The fraction of sp³-hybridized carbons (Fsp3) is 0.125. The maximum atomic E-state index is 13.9. The molecule has 0 spiro atoms. The molecular formula is C24H20FN3OS. The molecule has 4 nitrogen and oxygen atoms in total. The second-order valence-corrected chi connectivity index (χ2v) is 7.95. The highest BCUT2D eigenvalue weighted by Crippen LogP contribution is 2.29. The Bertz CT molecular complexity index is 1210. The highest BCUT2D eigenvalue weighted by atomic mass is 32.2. The van der Waals surface area contributed by atoms with E-state index in [1.165, 1.54) is 23.9 Å². The van der Waals surface area contributed by atoms with E-state index in [9.17, 15) is 9.18 Å². The van der Waals surface area contributed by atoms with Crippen LogP contribution in [0.1, 0.15) is 11.1 Å². The van der Waals surface area contributed by atoms with E-state index >= 15 is 0 Å². The number of carbonyl (C=O) groups excluding carboxylic acids is 1. The van der Waals surface area contributed by atoms with Gasteiger partial charge >= 0.3 is 0 Å². The summed E-state index contributed by atoms with van der Waals surface area (Å²) in [5, 5.41) is 4.15. The summed E-state index contributed by atoms with van der Waals surface area (Å²) >= 11 is 1.28. The standard InChI is InChI=1S/C24H20FN3OS/c1-15-7-6-8-16(2)22(15)27-21(29)14-30-24-19-13-18(25)11-12-20(19)26-23(28-24)17-9-4-3-5-10-17/h3-13H,14H2,1-2H3,(H,27,29). The zero-order valence-electron chi connectivity index (χ0n) is 16.6. The Morgan fingerprint density at radius 3 is 2.43 bits per heavy atom. The molecule has 0 fully saturated rings. The van der Waals surface area contributed by atoms with E-state index in [1.54, 1.807) is 6.07 Å². The van der Waals surface area contributed by atoms with Crippen molar-refractivity contribution in [2.75, 3.05) is 11.1 Å². The molecule has 3 aromatic carbocycles. The molecule has 1 amide bonds. The number of nitrogens with one attached hydrogen (secondary N) is 1. The van der Waals surface area contributed by atoms with Crippen LogP contribution in [-0.4, -0.2) is 21.6 Å². The molecule has 0 aliphatic heterocycles. The fourth-order valence-electron chi connectivity index (χ4n) is 3.22. The molecule has 0 bridgehead atoms. The summed E-state index contributed by atoms with van der Waals surface area (Å²) in [5.41, 5.74) is 4.35. The second-order valence-electron chi connectivity index (χ2n) is 6.98. The van der Waals surface area contributed by atoms with Gasteiger partial charge in [0.05, 0.1) is 11.3 Å². The predicted octanol–water partition coefficient (Wildman–Crippen LogP) is 5.78. The average molecular weight is 418 g/mol. The van der Waals surface area contributed by atoms with Crippen molar-refractivity contribution >= 4 is 34.3 Å². The number of thioether (sulfide) groups is 1. The summed E-state index contributed by atoms with van der Waals surface area (Å²) in [6, 6.07) is 19.9. The Labute approximate surface area is 178 Å². The summed E-state index contributed by atoms with van der Waals surface area (Å²) in [6.07, 6.45) is 0. The first-order chi connectivity index (χ1) is 14.5. The first-order valence-corrected chi connectivity index (χ1v) is 10.5. The van der Waals surface area contributed by atoms with Crippen LogP contribution in [0.3, 0.4) is 0 Å². The van der Waals surface area contributed by atoms with Crippen LogP contribution in [0.5, 0.6) is 0 Å². The van der Waals surface area contributed by atoms with Gasteiger partial charge in [-0.15, -0.1) is 0 Å². The van der Waals surface area contributed by atoms with Gasteiger partial charge in [0.2, 0.25) is 5.91 Å². The number of carbonyl (C=O) groups is 1. The quantitative estimate of drug-likeness (QED) is 0.330. The van der Waals surface area contributed by atoms with Gasteiger partial charge in [0, 0.05) is 16.6 Å². The van der Waals surface area contributed by atoms with Crippen molar-refractivity contribution in [1.82, 2.24) is 9.97 Å². The van der Waals surface area contributed by atoms with E-state index in [4.69, 9.17) is 0 Å². The van der Waals surface area contributed by atoms with Gasteiger partial charge in [-0.05, 0) is 43.2 Å². The smallest absolute Gasteiger partial charge is 0.234 e. The molecule has 0 aliphatic carbocycles. The first kappa shape index (κ1) is 20.0. The summed E-state index contributed by atoms with van der Waals surface area (Å²) < 4.78 is 13.9. The fourth-order valence-corrected chi connectivity index (χ4v) is 4.03. The zero-order chi connectivity index (χ0) is 21.1. The van der Waals surface area contributed by atoms with Crippen molar-refractivity contribution in [2.24, 2.45) is 0 Å². The second kappa shape index (κ2) is 8.63. The van der Waals surface area contributed by atoms with Gasteiger partial charge in [0.15, 0.2) is 5.82 Å². The van der Waals surface area contributed by atoms with Crippen LogP contribution in [-0.2, 0) is 4.79 Å². The molecular weight excluding hydrogens is 397 g/mol. The Morgan fingerprint density at radius 2 is 1.70 bits per heavy atom. The molecule has 0 aliphatic rings. The summed E-state index contributed by atoms with van der Waals surface area (Å²) in [5.74, 6) is 0.208. The third-order valence-electron chi connectivity index (χ3n) is 4.74. The average Bonchev–Trinajstić information content (AvgIpc) is 2.75. The van der Waals surface area contributed by atoms with Crippen LogP contribution >= 0.6 is 11.8 Å². The minimum Gasteiger partial charge on any atom is -0.325 e. The van der Waals surface area contributed by atoms with E-state index in [1.807, 2.05) is 62.4 Å². The highest BCUT2D eigenvalue weighted by Gasteiger charge is 2.14. The molecule has 0 radical (unpaired) electrons. The van der Waals surface area contributed by atoms with Crippen molar-refractivity contribution in [1.29, 1.82) is 0 Å². The number of hydrogen-bond donors (Lipinski definition) is 1. The maximum absolute atomic E-state index is 13.9. The topological polar surface area (TPSA) is 54.9 Å². The number of aryl methyl sites for hydroxylation is 2. The van der Waals surface area contributed by atoms with Gasteiger partial charge in [-0.2, -0.15) is 0 Å². The minimum atomic E-state index is -0.361. The summed E-state index contributed by atoms with van der Waals surface area (Å²) in [6.45, 7) is 3.92. The third kappa shape index (κ3) is 4.33. The van der Waals surface area contributed by atoms with Crippen molar-refractivity contribution in [3.63, 3.8) is 0 Å². The van der Waals surface area contributed by atoms with Crippen molar-refractivity contribution in [3.05, 3.63) is 83.7 Å². The van der Waals surface area contributed by atoms with Crippen molar-refractivity contribution in [3.8, 4) is 11.4 Å². The molecule has 0 saturated heterocycles. The van der Waals surface area contributed by atoms with E-state index in [-0.39, 0.29) is 17.5 Å².